The Morgan fingerprint density at radius 2 is 1.59 bits per heavy atom. The van der Waals surface area contributed by atoms with Gasteiger partial charge < -0.3 is 14.6 Å². The van der Waals surface area contributed by atoms with Crippen molar-refractivity contribution in [2.45, 2.75) is 19.1 Å². The van der Waals surface area contributed by atoms with Crippen molar-refractivity contribution in [2.75, 3.05) is 39.8 Å². The molecule has 1 aliphatic rings. The molecule has 1 fully saturated rings. The van der Waals surface area contributed by atoms with Crippen LogP contribution in [0.4, 0.5) is 4.39 Å². The van der Waals surface area contributed by atoms with Gasteiger partial charge in [-0.3, -0.25) is 9.80 Å². The summed E-state index contributed by atoms with van der Waals surface area (Å²) < 4.78 is 25.4. The van der Waals surface area contributed by atoms with Gasteiger partial charge in [-0.2, -0.15) is 0 Å². The zero-order valence-corrected chi connectivity index (χ0v) is 20.0. The van der Waals surface area contributed by atoms with E-state index in [1.807, 2.05) is 48.5 Å². The highest BCUT2D eigenvalue weighted by Gasteiger charge is 2.21. The molecule has 0 unspecified atom stereocenters. The summed E-state index contributed by atoms with van der Waals surface area (Å²) in [5.41, 5.74) is 1.50. The maximum absolute atomic E-state index is 14.1. The second kappa shape index (κ2) is 11.7. The molecule has 0 spiro atoms. The highest BCUT2D eigenvalue weighted by molar-refractivity contribution is 6.31. The second-order valence-corrected chi connectivity index (χ2v) is 8.93. The second-order valence-electron chi connectivity index (χ2n) is 8.52. The summed E-state index contributed by atoms with van der Waals surface area (Å²) in [4.78, 5) is 4.45. The fourth-order valence-corrected chi connectivity index (χ4v) is 4.42. The van der Waals surface area contributed by atoms with Crippen LogP contribution in [0.5, 0.6) is 17.2 Å². The lowest BCUT2D eigenvalue weighted by Crippen LogP contribution is -2.48. The average molecular weight is 485 g/mol. The maximum atomic E-state index is 14.1. The molecule has 1 aliphatic heterocycles. The van der Waals surface area contributed by atoms with Crippen LogP contribution in [0.3, 0.4) is 0 Å². The largest absolute Gasteiger partial charge is 0.497 e. The number of nitrogens with zero attached hydrogens (tertiary/aromatic N) is 2. The van der Waals surface area contributed by atoms with E-state index in [9.17, 15) is 9.50 Å². The summed E-state index contributed by atoms with van der Waals surface area (Å²) in [5, 5.41) is 11.3. The Morgan fingerprint density at radius 3 is 2.29 bits per heavy atom. The number of hydrogen-bond acceptors (Lipinski definition) is 5. The van der Waals surface area contributed by atoms with Crippen LogP contribution in [0.25, 0.3) is 0 Å². The van der Waals surface area contributed by atoms with Gasteiger partial charge in [0.15, 0.2) is 0 Å². The molecule has 0 saturated carbocycles. The van der Waals surface area contributed by atoms with Crippen LogP contribution < -0.4 is 9.47 Å². The number of hydrogen-bond donors (Lipinski definition) is 1. The monoisotopic (exact) mass is 484 g/mol. The van der Waals surface area contributed by atoms with E-state index in [0.29, 0.717) is 35.8 Å². The van der Waals surface area contributed by atoms with E-state index in [1.54, 1.807) is 19.2 Å². The topological polar surface area (TPSA) is 45.2 Å². The van der Waals surface area contributed by atoms with Gasteiger partial charge in [0.05, 0.1) is 13.2 Å². The third kappa shape index (κ3) is 6.48. The van der Waals surface area contributed by atoms with E-state index in [0.717, 1.165) is 43.2 Å². The van der Waals surface area contributed by atoms with E-state index in [4.69, 9.17) is 21.1 Å². The molecule has 0 amide bonds. The number of aliphatic hydroxyl groups excluding tert-OH is 1. The van der Waals surface area contributed by atoms with Crippen molar-refractivity contribution < 1.29 is 19.0 Å². The van der Waals surface area contributed by atoms with E-state index < -0.39 is 6.10 Å². The first-order valence-corrected chi connectivity index (χ1v) is 11.8. The number of β-amino-alcohol motifs (C(OH)–C–C–N with tert-alkyl or cyclic N) is 1. The fraction of sp³-hybridized carbons (Fsp3) is 0.333. The minimum absolute atomic E-state index is 0.263. The van der Waals surface area contributed by atoms with Crippen LogP contribution in [0, 0.1) is 5.82 Å². The van der Waals surface area contributed by atoms with Crippen LogP contribution in [0.2, 0.25) is 5.02 Å². The molecule has 1 N–H and O–H groups in total. The van der Waals surface area contributed by atoms with Gasteiger partial charge in [0, 0.05) is 56.3 Å². The number of benzene rings is 3. The van der Waals surface area contributed by atoms with Gasteiger partial charge in [0.25, 0.3) is 0 Å². The molecule has 1 atom stereocenters. The van der Waals surface area contributed by atoms with Crippen LogP contribution in [0.15, 0.2) is 66.7 Å². The Labute approximate surface area is 205 Å². The van der Waals surface area contributed by atoms with E-state index in [-0.39, 0.29) is 5.82 Å². The van der Waals surface area contributed by atoms with Gasteiger partial charge in [-0.25, -0.2) is 4.39 Å². The predicted molar refractivity (Wildman–Crippen MR) is 132 cm³/mol. The molecule has 0 radical (unpaired) electrons. The summed E-state index contributed by atoms with van der Waals surface area (Å²) in [6.45, 7) is 4.30. The summed E-state index contributed by atoms with van der Waals surface area (Å²) in [5.74, 6) is 1.96. The highest BCUT2D eigenvalue weighted by atomic mass is 35.5. The van der Waals surface area contributed by atoms with Gasteiger partial charge in [-0.1, -0.05) is 35.9 Å². The van der Waals surface area contributed by atoms with Crippen LogP contribution in [-0.2, 0) is 13.0 Å². The molecule has 5 nitrogen and oxygen atoms in total. The SMILES string of the molecule is COc1ccc(Oc2ccccc2C[C@@H](O)CN2CCN(Cc3c(F)cccc3Cl)CC2)cc1. The highest BCUT2D eigenvalue weighted by Crippen LogP contribution is 2.28. The van der Waals surface area contributed by atoms with Crippen molar-refractivity contribution in [1.29, 1.82) is 0 Å². The Bertz CT molecular complexity index is 1050. The molecule has 0 aromatic heterocycles. The maximum Gasteiger partial charge on any atom is 0.130 e. The molecule has 3 aromatic rings. The van der Waals surface area contributed by atoms with Gasteiger partial charge in [-0.05, 0) is 48.0 Å². The number of piperazine rings is 1. The molecule has 1 heterocycles. The number of para-hydroxylation sites is 1. The van der Waals surface area contributed by atoms with Crippen molar-refractivity contribution in [3.05, 3.63) is 88.7 Å². The molecule has 0 bridgehead atoms. The van der Waals surface area contributed by atoms with Gasteiger partial charge >= 0.3 is 0 Å². The summed E-state index contributed by atoms with van der Waals surface area (Å²) in [6, 6.07) is 20.0. The van der Waals surface area contributed by atoms with Gasteiger partial charge in [0.1, 0.15) is 23.1 Å². The number of ether oxygens (including phenoxy) is 2. The summed E-state index contributed by atoms with van der Waals surface area (Å²) in [7, 11) is 1.63. The lowest BCUT2D eigenvalue weighted by Gasteiger charge is -2.35. The predicted octanol–water partition coefficient (Wildman–Crippen LogP) is 5.00. The molecular formula is C27H30ClFN2O3. The molecular weight excluding hydrogens is 455 g/mol. The molecule has 7 heteroatoms. The minimum Gasteiger partial charge on any atom is -0.497 e. The zero-order chi connectivity index (χ0) is 23.9. The van der Waals surface area contributed by atoms with E-state index >= 15 is 0 Å². The van der Waals surface area contributed by atoms with Crippen LogP contribution in [0.1, 0.15) is 11.1 Å². The quantitative estimate of drug-likeness (QED) is 0.463. The summed E-state index contributed by atoms with van der Waals surface area (Å²) in [6.07, 6.45) is -0.0228. The number of methoxy groups -OCH3 is 1. The van der Waals surface area contributed by atoms with Crippen LogP contribution in [-0.4, -0.2) is 60.8 Å². The Morgan fingerprint density at radius 1 is 0.912 bits per heavy atom. The molecule has 4 rings (SSSR count). The van der Waals surface area contributed by atoms with Crippen molar-refractivity contribution in [2.24, 2.45) is 0 Å². The van der Waals surface area contributed by atoms with Gasteiger partial charge in [-0.15, -0.1) is 0 Å². The minimum atomic E-state index is -0.520. The lowest BCUT2D eigenvalue weighted by atomic mass is 10.1. The molecule has 0 aliphatic carbocycles. The molecule has 34 heavy (non-hydrogen) atoms. The van der Waals surface area contributed by atoms with E-state index in [2.05, 4.69) is 9.80 Å². The first-order valence-electron chi connectivity index (χ1n) is 11.5. The number of rotatable bonds is 9. The molecule has 180 valence electrons. The standard InChI is InChI=1S/C27H30ClFN2O3/c1-33-22-9-11-23(12-10-22)34-27-8-3-2-5-20(27)17-21(32)18-30-13-15-31(16-14-30)19-24-25(28)6-4-7-26(24)29/h2-12,21,32H,13-19H2,1H3/t21-/m1/s1. The third-order valence-electron chi connectivity index (χ3n) is 6.09. The van der Waals surface area contributed by atoms with Crippen molar-refractivity contribution in [1.82, 2.24) is 9.80 Å². The average Bonchev–Trinajstić information content (AvgIpc) is 2.84. The fourth-order valence-electron chi connectivity index (χ4n) is 4.20. The Kier molecular flexibility index (Phi) is 8.40. The first-order chi connectivity index (χ1) is 16.5. The molecule has 1 saturated heterocycles. The normalized spacial score (nSPS) is 15.8. The zero-order valence-electron chi connectivity index (χ0n) is 19.3. The first kappa shape index (κ1) is 24.5. The Hall–Kier alpha value is -2.64. The lowest BCUT2D eigenvalue weighted by molar-refractivity contribution is 0.0699. The number of halogens is 2. The third-order valence-corrected chi connectivity index (χ3v) is 6.45. The van der Waals surface area contributed by atoms with Gasteiger partial charge in [0.2, 0.25) is 0 Å². The van der Waals surface area contributed by atoms with Crippen molar-refractivity contribution in [3.8, 4) is 17.2 Å². The number of aliphatic hydroxyl groups is 1. The smallest absolute Gasteiger partial charge is 0.130 e. The van der Waals surface area contributed by atoms with Crippen LogP contribution >= 0.6 is 11.6 Å². The van der Waals surface area contributed by atoms with Crippen molar-refractivity contribution >= 4 is 11.6 Å². The Balaban J connectivity index is 1.28. The molecule has 3 aromatic carbocycles. The van der Waals surface area contributed by atoms with E-state index in [1.165, 1.54) is 6.07 Å². The van der Waals surface area contributed by atoms with Crippen molar-refractivity contribution in [3.63, 3.8) is 0 Å². The summed E-state index contributed by atoms with van der Waals surface area (Å²) >= 11 is 6.17.